The maximum atomic E-state index is 11.3. The van der Waals surface area contributed by atoms with Crippen molar-refractivity contribution in [3.63, 3.8) is 0 Å². The second-order valence-electron chi connectivity index (χ2n) is 8.60. The molecule has 0 aliphatic rings. The molecule has 0 aliphatic carbocycles. The molecule has 0 amide bonds. The van der Waals surface area contributed by atoms with Gasteiger partial charge in [0, 0.05) is 41.4 Å². The molecule has 0 saturated carbocycles. The van der Waals surface area contributed by atoms with Gasteiger partial charge in [0.1, 0.15) is 12.4 Å². The first-order chi connectivity index (χ1) is 15.9. The van der Waals surface area contributed by atoms with E-state index < -0.39 is 5.97 Å². The van der Waals surface area contributed by atoms with Crippen molar-refractivity contribution >= 4 is 16.9 Å². The van der Waals surface area contributed by atoms with Gasteiger partial charge in [-0.1, -0.05) is 12.1 Å². The summed E-state index contributed by atoms with van der Waals surface area (Å²) in [5.41, 5.74) is 12.6. The van der Waals surface area contributed by atoms with Gasteiger partial charge in [-0.3, -0.25) is 9.78 Å². The molecule has 4 aromatic rings. The first-order valence-corrected chi connectivity index (χ1v) is 11.1. The molecule has 0 atom stereocenters. The van der Waals surface area contributed by atoms with Crippen molar-refractivity contribution in [3.8, 4) is 16.9 Å². The molecule has 33 heavy (non-hydrogen) atoms. The summed E-state index contributed by atoms with van der Waals surface area (Å²) in [7, 11) is 0. The highest BCUT2D eigenvalue weighted by Gasteiger charge is 2.14. The van der Waals surface area contributed by atoms with Crippen LogP contribution in [0.25, 0.3) is 22.0 Å². The minimum absolute atomic E-state index is 0.0744. The van der Waals surface area contributed by atoms with E-state index in [0.29, 0.717) is 30.5 Å². The second kappa shape index (κ2) is 9.46. The van der Waals surface area contributed by atoms with Crippen LogP contribution in [0.1, 0.15) is 42.3 Å². The number of fused-ring (bicyclic) bond motifs is 1. The number of carboxylic acid groups (broad SMARTS) is 1. The summed E-state index contributed by atoms with van der Waals surface area (Å²) < 4.78 is 8.41. The molecule has 3 N–H and O–H groups in total. The predicted octanol–water partition coefficient (Wildman–Crippen LogP) is 5.26. The minimum Gasteiger partial charge on any atom is -0.489 e. The van der Waals surface area contributed by atoms with Crippen molar-refractivity contribution in [3.05, 3.63) is 83.3 Å². The van der Waals surface area contributed by atoms with E-state index in [1.165, 1.54) is 0 Å². The van der Waals surface area contributed by atoms with Crippen molar-refractivity contribution in [2.75, 3.05) is 0 Å². The van der Waals surface area contributed by atoms with E-state index in [-0.39, 0.29) is 6.42 Å². The smallest absolute Gasteiger partial charge is 0.307 e. The summed E-state index contributed by atoms with van der Waals surface area (Å²) in [6.07, 6.45) is 3.83. The lowest BCUT2D eigenvalue weighted by Gasteiger charge is -2.15. The molecule has 2 heterocycles. The fraction of sp³-hybridized carbons (Fsp3) is 0.259. The SMILES string of the molecule is Cc1ccc(CC(=O)O)c(OCc2cc(-c3ccnc(CN)c3)c3ccn(C(C)C)c3c2)c1. The summed E-state index contributed by atoms with van der Waals surface area (Å²) >= 11 is 0. The van der Waals surface area contributed by atoms with Crippen molar-refractivity contribution in [2.24, 2.45) is 5.73 Å². The van der Waals surface area contributed by atoms with Gasteiger partial charge in [-0.25, -0.2) is 0 Å². The Morgan fingerprint density at radius 1 is 1.15 bits per heavy atom. The van der Waals surface area contributed by atoms with E-state index in [0.717, 1.165) is 38.9 Å². The fourth-order valence-corrected chi connectivity index (χ4v) is 4.12. The molecule has 0 radical (unpaired) electrons. The third-order valence-electron chi connectivity index (χ3n) is 5.75. The van der Waals surface area contributed by atoms with Crippen molar-refractivity contribution in [2.45, 2.75) is 46.4 Å². The highest BCUT2D eigenvalue weighted by Crippen LogP contribution is 2.33. The molecule has 6 heteroatoms. The Morgan fingerprint density at radius 2 is 1.97 bits per heavy atom. The van der Waals surface area contributed by atoms with Gasteiger partial charge in [0.25, 0.3) is 0 Å². The summed E-state index contributed by atoms with van der Waals surface area (Å²) in [5, 5.41) is 10.4. The van der Waals surface area contributed by atoms with Crippen LogP contribution in [-0.4, -0.2) is 20.6 Å². The second-order valence-corrected chi connectivity index (χ2v) is 8.60. The van der Waals surface area contributed by atoms with E-state index in [9.17, 15) is 9.90 Å². The lowest BCUT2D eigenvalue weighted by atomic mass is 9.99. The Labute approximate surface area is 193 Å². The van der Waals surface area contributed by atoms with E-state index in [1.54, 1.807) is 6.20 Å². The summed E-state index contributed by atoms with van der Waals surface area (Å²) in [6, 6.07) is 16.4. The average molecular weight is 444 g/mol. The van der Waals surface area contributed by atoms with Crippen molar-refractivity contribution in [1.82, 2.24) is 9.55 Å². The zero-order valence-electron chi connectivity index (χ0n) is 19.2. The van der Waals surface area contributed by atoms with Crippen LogP contribution >= 0.6 is 0 Å². The lowest BCUT2D eigenvalue weighted by molar-refractivity contribution is -0.136. The average Bonchev–Trinajstić information content (AvgIpc) is 3.22. The Morgan fingerprint density at radius 3 is 2.70 bits per heavy atom. The largest absolute Gasteiger partial charge is 0.489 e. The van der Waals surface area contributed by atoms with E-state index >= 15 is 0 Å². The summed E-state index contributed by atoms with van der Waals surface area (Å²) in [6.45, 7) is 7.00. The third kappa shape index (κ3) is 4.91. The standard InChI is InChI=1S/C27H29N3O3/c1-17(2)30-9-7-23-24(20-6-8-29-22(13-20)15-28)11-19(12-25(23)30)16-33-26-10-18(3)4-5-21(26)14-27(31)32/h4-13,17H,14-16,28H2,1-3H3,(H,31,32). The van der Waals surface area contributed by atoms with Gasteiger partial charge < -0.3 is 20.1 Å². The van der Waals surface area contributed by atoms with Crippen LogP contribution < -0.4 is 10.5 Å². The maximum absolute atomic E-state index is 11.3. The Kier molecular flexibility index (Phi) is 6.47. The Hall–Kier alpha value is -3.64. The van der Waals surface area contributed by atoms with E-state index in [2.05, 4.69) is 47.8 Å². The normalized spacial score (nSPS) is 11.3. The molecular weight excluding hydrogens is 414 g/mol. The van der Waals surface area contributed by atoms with E-state index in [1.807, 2.05) is 37.3 Å². The number of nitrogens with two attached hydrogens (primary N) is 1. The number of hydrogen-bond acceptors (Lipinski definition) is 4. The predicted molar refractivity (Wildman–Crippen MR) is 130 cm³/mol. The van der Waals surface area contributed by atoms with Crippen LogP contribution in [0.2, 0.25) is 0 Å². The van der Waals surface area contributed by atoms with Gasteiger partial charge in [-0.15, -0.1) is 0 Å². The van der Waals surface area contributed by atoms with Crippen LogP contribution in [0.3, 0.4) is 0 Å². The zero-order chi connectivity index (χ0) is 23.5. The molecule has 0 fully saturated rings. The van der Waals surface area contributed by atoms with Crippen molar-refractivity contribution in [1.29, 1.82) is 0 Å². The number of pyridine rings is 1. The van der Waals surface area contributed by atoms with E-state index in [4.69, 9.17) is 10.5 Å². The highest BCUT2D eigenvalue weighted by atomic mass is 16.5. The van der Waals surface area contributed by atoms with Crippen LogP contribution in [0.4, 0.5) is 0 Å². The van der Waals surface area contributed by atoms with Gasteiger partial charge in [0.2, 0.25) is 0 Å². The number of benzene rings is 2. The molecule has 0 bridgehead atoms. The number of ether oxygens (including phenoxy) is 1. The van der Waals surface area contributed by atoms with Crippen LogP contribution in [0, 0.1) is 6.92 Å². The quantitative estimate of drug-likeness (QED) is 0.388. The number of nitrogens with zero attached hydrogens (tertiary/aromatic N) is 2. The van der Waals surface area contributed by atoms with Gasteiger partial charge >= 0.3 is 5.97 Å². The summed E-state index contributed by atoms with van der Waals surface area (Å²) in [4.78, 5) is 15.6. The van der Waals surface area contributed by atoms with Crippen LogP contribution in [-0.2, 0) is 24.4 Å². The molecule has 2 aromatic heterocycles. The fourth-order valence-electron chi connectivity index (χ4n) is 4.12. The Balaban J connectivity index is 1.76. The molecule has 6 nitrogen and oxygen atoms in total. The molecule has 170 valence electrons. The van der Waals surface area contributed by atoms with Gasteiger partial charge in [-0.05, 0) is 79.4 Å². The van der Waals surface area contributed by atoms with Crippen LogP contribution in [0.5, 0.6) is 5.75 Å². The zero-order valence-corrected chi connectivity index (χ0v) is 19.2. The molecule has 0 saturated heterocycles. The number of rotatable bonds is 8. The lowest BCUT2D eigenvalue weighted by Crippen LogP contribution is -2.05. The van der Waals surface area contributed by atoms with Gasteiger partial charge in [0.15, 0.2) is 0 Å². The molecule has 0 aliphatic heterocycles. The highest BCUT2D eigenvalue weighted by molar-refractivity contribution is 5.96. The van der Waals surface area contributed by atoms with Crippen LogP contribution in [0.15, 0.2) is 60.9 Å². The molecular formula is C27H29N3O3. The molecule has 0 spiro atoms. The van der Waals surface area contributed by atoms with Crippen molar-refractivity contribution < 1.29 is 14.6 Å². The maximum Gasteiger partial charge on any atom is 0.307 e. The molecule has 0 unspecified atom stereocenters. The molecule has 4 rings (SSSR count). The number of aliphatic carboxylic acids is 1. The first-order valence-electron chi connectivity index (χ1n) is 11.1. The monoisotopic (exact) mass is 443 g/mol. The third-order valence-corrected chi connectivity index (χ3v) is 5.75. The number of hydrogen-bond donors (Lipinski definition) is 2. The minimum atomic E-state index is -0.879. The van der Waals surface area contributed by atoms with Gasteiger partial charge in [0.05, 0.1) is 12.1 Å². The van der Waals surface area contributed by atoms with Gasteiger partial charge in [-0.2, -0.15) is 0 Å². The number of aromatic nitrogens is 2. The molecule has 2 aromatic carbocycles. The summed E-state index contributed by atoms with van der Waals surface area (Å²) in [5.74, 6) is -0.275. The topological polar surface area (TPSA) is 90.4 Å². The number of carboxylic acids is 1. The number of carbonyl (C=O) groups is 1. The Bertz CT molecular complexity index is 1310. The first kappa shape index (κ1) is 22.6. The number of aryl methyl sites for hydroxylation is 1.